The first kappa shape index (κ1) is 24.4. The number of nitrogens with zero attached hydrogens (tertiary/aromatic N) is 8. The van der Waals surface area contributed by atoms with E-state index in [2.05, 4.69) is 25.2 Å². The minimum absolute atomic E-state index is 0.118. The van der Waals surface area contributed by atoms with Crippen LogP contribution in [0.25, 0.3) is 16.9 Å². The van der Waals surface area contributed by atoms with Crippen LogP contribution in [0.5, 0.6) is 0 Å². The van der Waals surface area contributed by atoms with Gasteiger partial charge in [-0.05, 0) is 56.2 Å². The number of hydrogen-bond acceptors (Lipinski definition) is 8. The molecule has 4 heterocycles. The number of aromatic nitrogens is 5. The van der Waals surface area contributed by atoms with Gasteiger partial charge in [0.2, 0.25) is 10.0 Å². The predicted molar refractivity (Wildman–Crippen MR) is 142 cm³/mol. The number of carbonyl (C=O) groups excluding carboxylic acids is 1. The third-order valence-electron chi connectivity index (χ3n) is 7.17. The van der Waals surface area contributed by atoms with E-state index in [9.17, 15) is 13.2 Å². The molecule has 2 aromatic carbocycles. The number of anilines is 1. The second kappa shape index (κ2) is 9.76. The lowest BCUT2D eigenvalue weighted by Crippen LogP contribution is -2.49. The number of piperazine rings is 1. The molecule has 2 aliphatic heterocycles. The summed E-state index contributed by atoms with van der Waals surface area (Å²) in [5.41, 5.74) is 3.75. The summed E-state index contributed by atoms with van der Waals surface area (Å²) in [6.45, 7) is 5.30. The molecule has 0 N–H and O–H groups in total. The van der Waals surface area contributed by atoms with Crippen molar-refractivity contribution < 1.29 is 13.2 Å². The lowest BCUT2D eigenvalue weighted by Gasteiger charge is -2.35. The molecular weight excluding hydrogens is 504 g/mol. The number of benzene rings is 2. The number of carbonyl (C=O) groups is 1. The second-order valence-corrected chi connectivity index (χ2v) is 11.6. The van der Waals surface area contributed by atoms with Crippen molar-refractivity contribution in [1.29, 1.82) is 0 Å². The summed E-state index contributed by atoms with van der Waals surface area (Å²) in [5, 5.41) is 8.67. The molecule has 196 valence electrons. The van der Waals surface area contributed by atoms with Gasteiger partial charge in [-0.3, -0.25) is 4.79 Å². The van der Waals surface area contributed by atoms with E-state index in [1.807, 2.05) is 31.2 Å². The SMILES string of the molecule is Cc1ccc(-n2nnc3c(N4CCN(C(=O)c5ccc(S(=O)(=O)N6CCCC6)cc5)CC4)ncnc32)cc1. The van der Waals surface area contributed by atoms with Crippen LogP contribution in [0.1, 0.15) is 28.8 Å². The summed E-state index contributed by atoms with van der Waals surface area (Å²) in [6, 6.07) is 14.3. The van der Waals surface area contributed by atoms with E-state index >= 15 is 0 Å². The fourth-order valence-corrected chi connectivity index (χ4v) is 6.50. The Morgan fingerprint density at radius 1 is 0.842 bits per heavy atom. The molecule has 38 heavy (non-hydrogen) atoms. The molecule has 2 aliphatic rings. The van der Waals surface area contributed by atoms with E-state index in [4.69, 9.17) is 0 Å². The first-order valence-corrected chi connectivity index (χ1v) is 14.1. The van der Waals surface area contributed by atoms with Crippen LogP contribution >= 0.6 is 0 Å². The van der Waals surface area contributed by atoms with Crippen LogP contribution in [0.3, 0.4) is 0 Å². The first-order chi connectivity index (χ1) is 18.4. The molecule has 4 aromatic rings. The maximum atomic E-state index is 13.2. The summed E-state index contributed by atoms with van der Waals surface area (Å²) in [7, 11) is -3.50. The minimum Gasteiger partial charge on any atom is -0.351 e. The fourth-order valence-electron chi connectivity index (χ4n) is 4.98. The van der Waals surface area contributed by atoms with Gasteiger partial charge in [0.25, 0.3) is 5.91 Å². The summed E-state index contributed by atoms with van der Waals surface area (Å²) >= 11 is 0. The number of fused-ring (bicyclic) bond motifs is 1. The smallest absolute Gasteiger partial charge is 0.253 e. The first-order valence-electron chi connectivity index (χ1n) is 12.7. The van der Waals surface area contributed by atoms with E-state index in [-0.39, 0.29) is 10.8 Å². The lowest BCUT2D eigenvalue weighted by molar-refractivity contribution is 0.0746. The van der Waals surface area contributed by atoms with Gasteiger partial charge in [-0.25, -0.2) is 18.4 Å². The second-order valence-electron chi connectivity index (χ2n) is 9.62. The average molecular weight is 533 g/mol. The average Bonchev–Trinajstić information content (AvgIpc) is 3.65. The van der Waals surface area contributed by atoms with Crippen LogP contribution < -0.4 is 4.90 Å². The third-order valence-corrected chi connectivity index (χ3v) is 9.08. The van der Waals surface area contributed by atoms with Crippen LogP contribution in [-0.2, 0) is 10.0 Å². The van der Waals surface area contributed by atoms with Gasteiger partial charge >= 0.3 is 0 Å². The molecule has 1 amide bonds. The Balaban J connectivity index is 1.15. The summed E-state index contributed by atoms with van der Waals surface area (Å²) in [6.07, 6.45) is 3.28. The van der Waals surface area contributed by atoms with E-state index < -0.39 is 10.0 Å². The molecule has 0 spiro atoms. The van der Waals surface area contributed by atoms with Crippen molar-refractivity contribution in [3.05, 3.63) is 66.0 Å². The Morgan fingerprint density at radius 3 is 2.21 bits per heavy atom. The number of amides is 1. The molecule has 2 saturated heterocycles. The van der Waals surface area contributed by atoms with Crippen LogP contribution in [0.15, 0.2) is 59.8 Å². The maximum Gasteiger partial charge on any atom is 0.253 e. The molecule has 0 atom stereocenters. The highest BCUT2D eigenvalue weighted by Gasteiger charge is 2.29. The summed E-state index contributed by atoms with van der Waals surface area (Å²) in [4.78, 5) is 26.1. The van der Waals surface area contributed by atoms with Gasteiger partial charge in [-0.2, -0.15) is 8.99 Å². The molecule has 0 saturated carbocycles. The van der Waals surface area contributed by atoms with Crippen molar-refractivity contribution in [3.8, 4) is 5.69 Å². The number of sulfonamides is 1. The Morgan fingerprint density at radius 2 is 1.53 bits per heavy atom. The van der Waals surface area contributed by atoms with E-state index in [0.29, 0.717) is 61.8 Å². The van der Waals surface area contributed by atoms with Crippen molar-refractivity contribution in [3.63, 3.8) is 0 Å². The molecule has 2 fully saturated rings. The Hall–Kier alpha value is -3.90. The maximum absolute atomic E-state index is 13.2. The zero-order chi connectivity index (χ0) is 26.3. The van der Waals surface area contributed by atoms with Crippen molar-refractivity contribution >= 4 is 32.9 Å². The summed E-state index contributed by atoms with van der Waals surface area (Å²) in [5.74, 6) is 0.574. The largest absolute Gasteiger partial charge is 0.351 e. The van der Waals surface area contributed by atoms with Gasteiger partial charge < -0.3 is 9.80 Å². The molecule has 0 unspecified atom stereocenters. The van der Waals surface area contributed by atoms with Gasteiger partial charge in [-0.15, -0.1) is 5.10 Å². The van der Waals surface area contributed by atoms with E-state index in [1.54, 1.807) is 21.7 Å². The quantitative estimate of drug-likeness (QED) is 0.384. The minimum atomic E-state index is -3.50. The van der Waals surface area contributed by atoms with E-state index in [1.165, 1.54) is 22.8 Å². The van der Waals surface area contributed by atoms with Crippen molar-refractivity contribution in [2.24, 2.45) is 0 Å². The lowest BCUT2D eigenvalue weighted by atomic mass is 10.2. The molecule has 2 aromatic heterocycles. The van der Waals surface area contributed by atoms with Crippen LogP contribution in [-0.4, -0.2) is 87.8 Å². The number of rotatable bonds is 5. The highest BCUT2D eigenvalue weighted by molar-refractivity contribution is 7.89. The molecule has 12 heteroatoms. The molecule has 6 rings (SSSR count). The highest BCUT2D eigenvalue weighted by Crippen LogP contribution is 2.25. The predicted octanol–water partition coefficient (Wildman–Crippen LogP) is 2.27. The van der Waals surface area contributed by atoms with Crippen molar-refractivity contribution in [2.75, 3.05) is 44.2 Å². The zero-order valence-electron chi connectivity index (χ0n) is 21.1. The Labute approximate surface area is 220 Å². The number of aryl methyl sites for hydroxylation is 1. The van der Waals surface area contributed by atoms with Gasteiger partial charge in [0.1, 0.15) is 6.33 Å². The van der Waals surface area contributed by atoms with Crippen LogP contribution in [0, 0.1) is 6.92 Å². The standard InChI is InChI=1S/C26H28N8O3S/c1-19-4-8-21(9-5-19)34-25-23(29-30-34)24(27-18-28-25)31-14-16-32(17-15-31)26(35)20-6-10-22(11-7-20)38(36,37)33-12-2-3-13-33/h4-11,18H,2-3,12-17H2,1H3. The molecule has 0 aliphatic carbocycles. The van der Waals surface area contributed by atoms with Crippen LogP contribution in [0.4, 0.5) is 5.82 Å². The molecular formula is C26H28N8O3S. The van der Waals surface area contributed by atoms with Crippen molar-refractivity contribution in [1.82, 2.24) is 34.2 Å². The van der Waals surface area contributed by atoms with Gasteiger partial charge in [0, 0.05) is 44.8 Å². The molecule has 0 bridgehead atoms. The molecule has 11 nitrogen and oxygen atoms in total. The van der Waals surface area contributed by atoms with Gasteiger partial charge in [0.05, 0.1) is 10.6 Å². The van der Waals surface area contributed by atoms with Gasteiger partial charge in [-0.1, -0.05) is 22.9 Å². The van der Waals surface area contributed by atoms with Gasteiger partial charge in [0.15, 0.2) is 17.0 Å². The Bertz CT molecular complexity index is 1570. The third kappa shape index (κ3) is 4.39. The molecule has 0 radical (unpaired) electrons. The van der Waals surface area contributed by atoms with E-state index in [0.717, 1.165) is 24.1 Å². The number of hydrogen-bond donors (Lipinski definition) is 0. The topological polar surface area (TPSA) is 117 Å². The monoisotopic (exact) mass is 532 g/mol. The van der Waals surface area contributed by atoms with Crippen LogP contribution in [0.2, 0.25) is 0 Å². The normalized spacial score (nSPS) is 16.9. The zero-order valence-corrected chi connectivity index (χ0v) is 21.9. The van der Waals surface area contributed by atoms with Crippen molar-refractivity contribution in [2.45, 2.75) is 24.7 Å². The summed E-state index contributed by atoms with van der Waals surface area (Å²) < 4.78 is 28.8. The fraction of sp³-hybridized carbons (Fsp3) is 0.346. The Kier molecular flexibility index (Phi) is 6.28. The highest BCUT2D eigenvalue weighted by atomic mass is 32.2.